The molecule has 1 aromatic carbocycles. The lowest BCUT2D eigenvalue weighted by Gasteiger charge is -2.30. The maximum Gasteiger partial charge on any atom is 0.236 e. The van der Waals surface area contributed by atoms with E-state index in [-0.39, 0.29) is 17.6 Å². The summed E-state index contributed by atoms with van der Waals surface area (Å²) < 4.78 is 0. The molecule has 7 heteroatoms. The van der Waals surface area contributed by atoms with Gasteiger partial charge in [-0.2, -0.15) is 0 Å². The second-order valence-corrected chi connectivity index (χ2v) is 8.85. The zero-order valence-electron chi connectivity index (χ0n) is 15.7. The molecule has 1 aromatic heterocycles. The molecule has 0 unspecified atom stereocenters. The summed E-state index contributed by atoms with van der Waals surface area (Å²) >= 11 is 2.77. The van der Waals surface area contributed by atoms with Gasteiger partial charge in [0.25, 0.3) is 0 Å². The minimum Gasteiger partial charge on any atom is -0.342 e. The third kappa shape index (κ3) is 5.81. The van der Waals surface area contributed by atoms with Gasteiger partial charge in [0.15, 0.2) is 5.13 Å². The van der Waals surface area contributed by atoms with Crippen LogP contribution in [-0.4, -0.2) is 46.3 Å². The molecule has 2 aromatic rings. The van der Waals surface area contributed by atoms with Crippen LogP contribution in [0.1, 0.15) is 25.3 Å². The summed E-state index contributed by atoms with van der Waals surface area (Å²) in [6, 6.07) is 8.14. The molecule has 27 heavy (non-hydrogen) atoms. The highest BCUT2D eigenvalue weighted by molar-refractivity contribution is 8.00. The highest BCUT2D eigenvalue weighted by atomic mass is 32.2. The number of amides is 2. The number of aryl methyl sites for hydroxylation is 1. The van der Waals surface area contributed by atoms with Crippen LogP contribution in [-0.2, 0) is 9.59 Å². The fourth-order valence-corrected chi connectivity index (χ4v) is 4.38. The molecule has 144 valence electrons. The molecule has 1 fully saturated rings. The number of rotatable bonds is 6. The van der Waals surface area contributed by atoms with Gasteiger partial charge in [0.1, 0.15) is 0 Å². The summed E-state index contributed by atoms with van der Waals surface area (Å²) in [4.78, 5) is 30.7. The Kier molecular flexibility index (Phi) is 6.90. The smallest absolute Gasteiger partial charge is 0.236 e. The molecule has 0 bridgehead atoms. The van der Waals surface area contributed by atoms with Crippen molar-refractivity contribution in [1.82, 2.24) is 9.88 Å². The van der Waals surface area contributed by atoms with Crippen LogP contribution >= 0.6 is 23.1 Å². The predicted molar refractivity (Wildman–Crippen MR) is 113 cm³/mol. The first-order valence-electron chi connectivity index (χ1n) is 9.19. The largest absolute Gasteiger partial charge is 0.342 e. The normalized spacial score (nSPS) is 15.0. The van der Waals surface area contributed by atoms with Crippen molar-refractivity contribution in [3.05, 3.63) is 35.2 Å². The van der Waals surface area contributed by atoms with Gasteiger partial charge >= 0.3 is 0 Å². The molecule has 1 saturated heterocycles. The van der Waals surface area contributed by atoms with Crippen molar-refractivity contribution in [2.24, 2.45) is 5.92 Å². The zero-order valence-corrected chi connectivity index (χ0v) is 17.4. The highest BCUT2D eigenvalue weighted by Crippen LogP contribution is 2.25. The van der Waals surface area contributed by atoms with Crippen molar-refractivity contribution in [2.75, 3.05) is 29.9 Å². The van der Waals surface area contributed by atoms with Crippen LogP contribution in [0.25, 0.3) is 11.3 Å². The maximum atomic E-state index is 12.2. The number of hydrogen-bond acceptors (Lipinski definition) is 5. The first-order valence-corrected chi connectivity index (χ1v) is 11.2. The van der Waals surface area contributed by atoms with Gasteiger partial charge in [0.05, 0.1) is 17.2 Å². The second-order valence-electron chi connectivity index (χ2n) is 7.01. The van der Waals surface area contributed by atoms with Crippen molar-refractivity contribution in [3.63, 3.8) is 0 Å². The Balaban J connectivity index is 1.42. The van der Waals surface area contributed by atoms with Crippen LogP contribution < -0.4 is 5.32 Å². The molecular formula is C20H25N3O2S2. The SMILES string of the molecule is Cc1ccc(-c2csc(NC(=O)CSCC(=O)N3CCC(C)CC3)n2)cc1. The van der Waals surface area contributed by atoms with E-state index in [1.54, 1.807) is 0 Å². The van der Waals surface area contributed by atoms with E-state index in [2.05, 4.69) is 17.2 Å². The average molecular weight is 404 g/mol. The van der Waals surface area contributed by atoms with Gasteiger partial charge in [0, 0.05) is 24.0 Å². The second kappa shape index (κ2) is 9.37. The Labute approximate surface area is 168 Å². The number of aromatic nitrogens is 1. The van der Waals surface area contributed by atoms with E-state index in [0.29, 0.717) is 16.8 Å². The monoisotopic (exact) mass is 403 g/mol. The number of carbonyl (C=O) groups excluding carboxylic acids is 2. The number of thioether (sulfide) groups is 1. The number of nitrogens with one attached hydrogen (secondary N) is 1. The number of thiazole rings is 1. The van der Waals surface area contributed by atoms with Gasteiger partial charge in [-0.3, -0.25) is 9.59 Å². The quantitative estimate of drug-likeness (QED) is 0.790. The number of nitrogens with zero attached hydrogens (tertiary/aromatic N) is 2. The van der Waals surface area contributed by atoms with Crippen LogP contribution in [0.3, 0.4) is 0 Å². The van der Waals surface area contributed by atoms with Crippen LogP contribution in [0.5, 0.6) is 0 Å². The number of likely N-dealkylation sites (tertiary alicyclic amines) is 1. The summed E-state index contributed by atoms with van der Waals surface area (Å²) in [6.07, 6.45) is 2.15. The van der Waals surface area contributed by atoms with Crippen molar-refractivity contribution < 1.29 is 9.59 Å². The van der Waals surface area contributed by atoms with Gasteiger partial charge in [0.2, 0.25) is 11.8 Å². The number of benzene rings is 1. The standard InChI is InChI=1S/C20H25N3O2S2/c1-14-3-5-16(6-4-14)17-11-27-20(21-17)22-18(24)12-26-13-19(25)23-9-7-15(2)8-10-23/h3-6,11,15H,7-10,12-13H2,1-2H3,(H,21,22,24). The summed E-state index contributed by atoms with van der Waals surface area (Å²) in [6.45, 7) is 5.95. The first-order chi connectivity index (χ1) is 13.0. The molecule has 2 amide bonds. The molecule has 0 spiro atoms. The third-order valence-electron chi connectivity index (χ3n) is 4.69. The van der Waals surface area contributed by atoms with Crippen molar-refractivity contribution in [3.8, 4) is 11.3 Å². The Hall–Kier alpha value is -1.86. The van der Waals surface area contributed by atoms with Crippen molar-refractivity contribution in [1.29, 1.82) is 0 Å². The lowest BCUT2D eigenvalue weighted by molar-refractivity contribution is -0.129. The Morgan fingerprint density at radius 2 is 1.93 bits per heavy atom. The molecule has 0 radical (unpaired) electrons. The maximum absolute atomic E-state index is 12.2. The fraction of sp³-hybridized carbons (Fsp3) is 0.450. The lowest BCUT2D eigenvalue weighted by atomic mass is 9.99. The minimum absolute atomic E-state index is 0.120. The minimum atomic E-state index is -0.120. The van der Waals surface area contributed by atoms with E-state index in [0.717, 1.165) is 37.2 Å². The van der Waals surface area contributed by atoms with Crippen LogP contribution in [0.2, 0.25) is 0 Å². The number of carbonyl (C=O) groups is 2. The Morgan fingerprint density at radius 3 is 2.63 bits per heavy atom. The van der Waals surface area contributed by atoms with Gasteiger partial charge in [-0.25, -0.2) is 4.98 Å². The summed E-state index contributed by atoms with van der Waals surface area (Å²) in [5, 5.41) is 5.35. The molecule has 1 N–H and O–H groups in total. The number of piperidine rings is 1. The molecule has 1 aliphatic rings. The van der Waals surface area contributed by atoms with Gasteiger partial charge in [-0.15, -0.1) is 23.1 Å². The summed E-state index contributed by atoms with van der Waals surface area (Å²) in [7, 11) is 0. The molecule has 1 aliphatic heterocycles. The van der Waals surface area contributed by atoms with Gasteiger partial charge in [-0.1, -0.05) is 36.8 Å². The lowest BCUT2D eigenvalue weighted by Crippen LogP contribution is -2.39. The molecule has 2 heterocycles. The van der Waals surface area contributed by atoms with Gasteiger partial charge in [-0.05, 0) is 25.7 Å². The Bertz CT molecular complexity index is 781. The van der Waals surface area contributed by atoms with Crippen LogP contribution in [0.4, 0.5) is 5.13 Å². The van der Waals surface area contributed by atoms with Crippen molar-refractivity contribution in [2.45, 2.75) is 26.7 Å². The highest BCUT2D eigenvalue weighted by Gasteiger charge is 2.20. The van der Waals surface area contributed by atoms with Crippen molar-refractivity contribution >= 4 is 40.0 Å². The van der Waals surface area contributed by atoms with Crippen LogP contribution in [0.15, 0.2) is 29.6 Å². The zero-order chi connectivity index (χ0) is 19.2. The number of anilines is 1. The summed E-state index contributed by atoms with van der Waals surface area (Å²) in [5.74, 6) is 1.33. The molecule has 3 rings (SSSR count). The molecule has 0 aliphatic carbocycles. The molecule has 5 nitrogen and oxygen atoms in total. The molecule has 0 saturated carbocycles. The van der Waals surface area contributed by atoms with E-state index in [1.165, 1.54) is 28.7 Å². The summed E-state index contributed by atoms with van der Waals surface area (Å²) in [5.41, 5.74) is 3.10. The number of hydrogen-bond donors (Lipinski definition) is 1. The topological polar surface area (TPSA) is 62.3 Å². The van der Waals surface area contributed by atoms with E-state index >= 15 is 0 Å². The molecular weight excluding hydrogens is 378 g/mol. The van der Waals surface area contributed by atoms with E-state index in [1.807, 2.05) is 41.5 Å². The van der Waals surface area contributed by atoms with E-state index in [9.17, 15) is 9.59 Å². The molecule has 0 atom stereocenters. The van der Waals surface area contributed by atoms with E-state index in [4.69, 9.17) is 0 Å². The van der Waals surface area contributed by atoms with Crippen LogP contribution in [0, 0.1) is 12.8 Å². The fourth-order valence-electron chi connectivity index (χ4n) is 2.92. The average Bonchev–Trinajstić information content (AvgIpc) is 3.11. The third-order valence-corrected chi connectivity index (χ3v) is 6.37. The van der Waals surface area contributed by atoms with E-state index < -0.39 is 0 Å². The first kappa shape index (κ1) is 19.9. The predicted octanol–water partition coefficient (Wildman–Crippen LogP) is 4.05. The van der Waals surface area contributed by atoms with Gasteiger partial charge < -0.3 is 10.2 Å². The Morgan fingerprint density at radius 1 is 1.22 bits per heavy atom.